The van der Waals surface area contributed by atoms with E-state index in [1.807, 2.05) is 0 Å². The monoisotopic (exact) mass is 294 g/mol. The van der Waals surface area contributed by atoms with E-state index in [4.69, 9.17) is 0 Å². The number of nitrogens with one attached hydrogen (secondary N) is 1. The number of rotatable bonds is 2. The number of urea groups is 1. The molecule has 5 heteroatoms. The normalized spacial score (nSPS) is 39.1. The molecule has 0 aromatic rings. The molecule has 118 valence electrons. The fraction of sp³-hybridized carbons (Fsp3) is 0.875. The van der Waals surface area contributed by atoms with Gasteiger partial charge in [-0.3, -0.25) is 0 Å². The Bertz CT molecular complexity index is 426. The Morgan fingerprint density at radius 1 is 1.10 bits per heavy atom. The lowest BCUT2D eigenvalue weighted by molar-refractivity contribution is -0.141. The summed E-state index contributed by atoms with van der Waals surface area (Å²) in [6, 6.07) is -0.420. The molecule has 3 fully saturated rings. The van der Waals surface area contributed by atoms with Gasteiger partial charge in [-0.15, -0.1) is 0 Å². The first-order chi connectivity index (χ1) is 10.1. The predicted octanol–water partition coefficient (Wildman–Crippen LogP) is 2.60. The van der Waals surface area contributed by atoms with Gasteiger partial charge in [0.15, 0.2) is 0 Å². The van der Waals surface area contributed by atoms with Gasteiger partial charge in [0, 0.05) is 12.1 Å². The highest BCUT2D eigenvalue weighted by Gasteiger charge is 2.48. The van der Waals surface area contributed by atoms with Crippen molar-refractivity contribution in [1.29, 1.82) is 0 Å². The van der Waals surface area contributed by atoms with Crippen LogP contribution >= 0.6 is 0 Å². The third-order valence-electron chi connectivity index (χ3n) is 5.78. The molecule has 1 aliphatic heterocycles. The van der Waals surface area contributed by atoms with E-state index in [9.17, 15) is 14.7 Å². The summed E-state index contributed by atoms with van der Waals surface area (Å²) >= 11 is 0. The molecule has 0 spiro atoms. The Kier molecular flexibility index (Phi) is 4.09. The van der Waals surface area contributed by atoms with E-state index in [1.54, 1.807) is 4.90 Å². The predicted molar refractivity (Wildman–Crippen MR) is 79.0 cm³/mol. The maximum absolute atomic E-state index is 12.7. The summed E-state index contributed by atoms with van der Waals surface area (Å²) in [7, 11) is 0. The molecule has 1 saturated heterocycles. The first kappa shape index (κ1) is 14.7. The van der Waals surface area contributed by atoms with E-state index in [-0.39, 0.29) is 18.1 Å². The maximum Gasteiger partial charge on any atom is 0.326 e. The second-order valence-electron chi connectivity index (χ2n) is 7.07. The van der Waals surface area contributed by atoms with E-state index >= 15 is 0 Å². The first-order valence-electron chi connectivity index (χ1n) is 8.39. The topological polar surface area (TPSA) is 69.6 Å². The second-order valence-corrected chi connectivity index (χ2v) is 7.07. The van der Waals surface area contributed by atoms with Crippen molar-refractivity contribution in [1.82, 2.24) is 10.2 Å². The molecule has 1 heterocycles. The Morgan fingerprint density at radius 3 is 2.52 bits per heavy atom. The summed E-state index contributed by atoms with van der Waals surface area (Å²) in [6.07, 6.45) is 8.26. The Labute approximate surface area is 126 Å². The van der Waals surface area contributed by atoms with Crippen molar-refractivity contribution in [3.63, 3.8) is 0 Å². The molecule has 5 atom stereocenters. The largest absolute Gasteiger partial charge is 0.480 e. The molecule has 5 unspecified atom stereocenters. The zero-order valence-electron chi connectivity index (χ0n) is 12.8. The third kappa shape index (κ3) is 2.74. The molecule has 3 aliphatic rings. The molecule has 0 aromatic carbocycles. The minimum atomic E-state index is -0.848. The Morgan fingerprint density at radius 2 is 1.86 bits per heavy atom. The Balaban J connectivity index is 1.73. The zero-order chi connectivity index (χ0) is 15.0. The summed E-state index contributed by atoms with van der Waals surface area (Å²) in [5, 5.41) is 12.6. The molecule has 2 N–H and O–H groups in total. The molecule has 3 rings (SSSR count). The number of carboxylic acid groups (broad SMARTS) is 1. The van der Waals surface area contributed by atoms with Gasteiger partial charge in [0.2, 0.25) is 0 Å². The summed E-state index contributed by atoms with van der Waals surface area (Å²) in [5.41, 5.74) is 0. The summed E-state index contributed by atoms with van der Waals surface area (Å²) in [4.78, 5) is 25.9. The number of carboxylic acids is 1. The van der Waals surface area contributed by atoms with Crippen molar-refractivity contribution in [2.24, 2.45) is 11.8 Å². The average molecular weight is 294 g/mol. The van der Waals surface area contributed by atoms with Crippen molar-refractivity contribution in [3.8, 4) is 0 Å². The molecule has 0 bridgehead atoms. The van der Waals surface area contributed by atoms with Gasteiger partial charge in [-0.25, -0.2) is 9.59 Å². The van der Waals surface area contributed by atoms with E-state index in [0.717, 1.165) is 38.5 Å². The van der Waals surface area contributed by atoms with Gasteiger partial charge in [0.05, 0.1) is 0 Å². The van der Waals surface area contributed by atoms with Crippen LogP contribution in [-0.4, -0.2) is 40.1 Å². The lowest BCUT2D eigenvalue weighted by Gasteiger charge is -2.34. The highest BCUT2D eigenvalue weighted by atomic mass is 16.4. The summed E-state index contributed by atoms with van der Waals surface area (Å²) in [5.74, 6) is 0.0348. The lowest BCUT2D eigenvalue weighted by atomic mass is 9.85. The van der Waals surface area contributed by atoms with Crippen molar-refractivity contribution in [3.05, 3.63) is 0 Å². The van der Waals surface area contributed by atoms with E-state index < -0.39 is 12.0 Å². The molecule has 5 nitrogen and oxygen atoms in total. The van der Waals surface area contributed by atoms with Gasteiger partial charge in [0.25, 0.3) is 0 Å². The van der Waals surface area contributed by atoms with Crippen molar-refractivity contribution >= 4 is 12.0 Å². The number of nitrogens with zero attached hydrogens (tertiary/aromatic N) is 1. The summed E-state index contributed by atoms with van der Waals surface area (Å²) < 4.78 is 0. The van der Waals surface area contributed by atoms with Crippen LogP contribution in [0.1, 0.15) is 58.3 Å². The molecule has 0 aromatic heterocycles. The van der Waals surface area contributed by atoms with Crippen LogP contribution in [-0.2, 0) is 4.79 Å². The van der Waals surface area contributed by atoms with Crippen LogP contribution in [0.4, 0.5) is 4.79 Å². The first-order valence-corrected chi connectivity index (χ1v) is 8.39. The fourth-order valence-corrected chi connectivity index (χ4v) is 4.57. The van der Waals surface area contributed by atoms with Crippen LogP contribution in [0.2, 0.25) is 0 Å². The quantitative estimate of drug-likeness (QED) is 0.822. The highest BCUT2D eigenvalue weighted by molar-refractivity contribution is 5.84. The molecular formula is C16H26N2O3. The van der Waals surface area contributed by atoms with Crippen molar-refractivity contribution < 1.29 is 14.7 Å². The molecule has 0 radical (unpaired) electrons. The second kappa shape index (κ2) is 5.85. The fourth-order valence-electron chi connectivity index (χ4n) is 4.57. The number of likely N-dealkylation sites (tertiary alicyclic amines) is 1. The van der Waals surface area contributed by atoms with Crippen LogP contribution in [0.15, 0.2) is 0 Å². The minimum Gasteiger partial charge on any atom is -0.480 e. The van der Waals surface area contributed by atoms with Gasteiger partial charge in [-0.05, 0) is 43.9 Å². The average Bonchev–Trinajstić information content (AvgIpc) is 3.03. The van der Waals surface area contributed by atoms with Gasteiger partial charge in [0.1, 0.15) is 6.04 Å². The number of carbonyl (C=O) groups excluding carboxylic acids is 1. The van der Waals surface area contributed by atoms with Gasteiger partial charge in [-0.1, -0.05) is 26.2 Å². The lowest BCUT2D eigenvalue weighted by Crippen LogP contribution is -2.53. The number of aliphatic carboxylic acids is 1. The van der Waals surface area contributed by atoms with Crippen molar-refractivity contribution in [2.45, 2.75) is 76.4 Å². The van der Waals surface area contributed by atoms with Crippen LogP contribution < -0.4 is 5.32 Å². The van der Waals surface area contributed by atoms with Crippen LogP contribution in [0, 0.1) is 11.8 Å². The SMILES string of the molecule is CC1CCCC1NC(=O)N1C(C(=O)O)CC2CCCCC21. The number of hydrogen-bond donors (Lipinski definition) is 2. The smallest absolute Gasteiger partial charge is 0.326 e. The number of carbonyl (C=O) groups is 2. The van der Waals surface area contributed by atoms with E-state index in [0.29, 0.717) is 18.3 Å². The van der Waals surface area contributed by atoms with Crippen molar-refractivity contribution in [2.75, 3.05) is 0 Å². The van der Waals surface area contributed by atoms with Gasteiger partial charge >= 0.3 is 12.0 Å². The minimum absolute atomic E-state index is 0.136. The molecule has 21 heavy (non-hydrogen) atoms. The Hall–Kier alpha value is -1.26. The molecule has 2 aliphatic carbocycles. The van der Waals surface area contributed by atoms with E-state index in [1.165, 1.54) is 6.42 Å². The standard InChI is InChI=1S/C16H26N2O3/c1-10-5-4-7-12(10)17-16(21)18-13-8-3-2-6-11(13)9-14(18)15(19)20/h10-14H,2-9H2,1H3,(H,17,21)(H,19,20). The number of fused-ring (bicyclic) bond motifs is 1. The molecular weight excluding hydrogens is 268 g/mol. The molecule has 2 saturated carbocycles. The molecule has 2 amide bonds. The van der Waals surface area contributed by atoms with E-state index in [2.05, 4.69) is 12.2 Å². The number of hydrogen-bond acceptors (Lipinski definition) is 2. The maximum atomic E-state index is 12.7. The van der Waals surface area contributed by atoms with Gasteiger partial charge < -0.3 is 15.3 Å². The zero-order valence-corrected chi connectivity index (χ0v) is 12.8. The number of amides is 2. The van der Waals surface area contributed by atoms with Gasteiger partial charge in [-0.2, -0.15) is 0 Å². The van der Waals surface area contributed by atoms with Crippen LogP contribution in [0.5, 0.6) is 0 Å². The summed E-state index contributed by atoms with van der Waals surface area (Å²) in [6.45, 7) is 2.17. The van der Waals surface area contributed by atoms with Crippen LogP contribution in [0.25, 0.3) is 0 Å². The van der Waals surface area contributed by atoms with Crippen LogP contribution in [0.3, 0.4) is 0 Å². The highest BCUT2D eigenvalue weighted by Crippen LogP contribution is 2.40. The third-order valence-corrected chi connectivity index (χ3v) is 5.78.